The summed E-state index contributed by atoms with van der Waals surface area (Å²) in [6, 6.07) is 11.4. The summed E-state index contributed by atoms with van der Waals surface area (Å²) >= 11 is 0. The fraction of sp³-hybridized carbons (Fsp3) is 0.263. The highest BCUT2D eigenvalue weighted by molar-refractivity contribution is 5.85. The molecule has 3 aromatic rings. The van der Waals surface area contributed by atoms with Crippen LogP contribution in [0.2, 0.25) is 0 Å². The van der Waals surface area contributed by atoms with Gasteiger partial charge in [-0.05, 0) is 18.2 Å². The Bertz CT molecular complexity index is 889. The van der Waals surface area contributed by atoms with Crippen molar-refractivity contribution in [1.29, 1.82) is 0 Å². The molecular weight excluding hydrogens is 330 g/mol. The molecule has 1 saturated heterocycles. The number of benzene rings is 1. The molecule has 0 bridgehead atoms. The average molecular weight is 349 g/mol. The zero-order valence-corrected chi connectivity index (χ0v) is 14.3. The molecule has 1 aliphatic rings. The number of amides is 1. The molecule has 0 saturated carbocycles. The molecular formula is C19H19N5O2. The van der Waals surface area contributed by atoms with Crippen molar-refractivity contribution < 1.29 is 9.53 Å². The number of rotatable bonds is 4. The maximum absolute atomic E-state index is 12.5. The molecule has 0 N–H and O–H groups in total. The zero-order valence-electron chi connectivity index (χ0n) is 14.3. The first kappa shape index (κ1) is 16.3. The van der Waals surface area contributed by atoms with Crippen LogP contribution in [0.25, 0.3) is 10.9 Å². The van der Waals surface area contributed by atoms with E-state index < -0.39 is 0 Å². The summed E-state index contributed by atoms with van der Waals surface area (Å²) < 4.78 is 5.75. The molecule has 1 amide bonds. The van der Waals surface area contributed by atoms with Crippen molar-refractivity contribution in [2.45, 2.75) is 0 Å². The first-order valence-corrected chi connectivity index (χ1v) is 8.57. The van der Waals surface area contributed by atoms with Crippen LogP contribution in [0.1, 0.15) is 0 Å². The highest BCUT2D eigenvalue weighted by Crippen LogP contribution is 2.23. The summed E-state index contributed by atoms with van der Waals surface area (Å²) in [7, 11) is 0. The molecule has 0 spiro atoms. The zero-order chi connectivity index (χ0) is 17.8. The Morgan fingerprint density at radius 1 is 0.923 bits per heavy atom. The van der Waals surface area contributed by atoms with Gasteiger partial charge in [0.15, 0.2) is 6.61 Å². The lowest BCUT2D eigenvalue weighted by Crippen LogP contribution is -2.50. The van der Waals surface area contributed by atoms with Gasteiger partial charge in [0.25, 0.3) is 5.91 Å². The van der Waals surface area contributed by atoms with E-state index in [4.69, 9.17) is 4.74 Å². The normalized spacial score (nSPS) is 14.5. The Kier molecular flexibility index (Phi) is 4.59. The maximum Gasteiger partial charge on any atom is 0.260 e. The minimum Gasteiger partial charge on any atom is -0.481 e. The van der Waals surface area contributed by atoms with Crippen molar-refractivity contribution in [3.8, 4) is 5.75 Å². The number of nitrogens with zero attached hydrogens (tertiary/aromatic N) is 5. The molecule has 3 heterocycles. The van der Waals surface area contributed by atoms with E-state index in [-0.39, 0.29) is 12.5 Å². The molecule has 132 valence electrons. The fourth-order valence-electron chi connectivity index (χ4n) is 3.03. The van der Waals surface area contributed by atoms with Gasteiger partial charge in [0, 0.05) is 50.2 Å². The van der Waals surface area contributed by atoms with Crippen molar-refractivity contribution in [1.82, 2.24) is 19.9 Å². The number of pyridine rings is 1. The molecule has 0 unspecified atom stereocenters. The summed E-state index contributed by atoms with van der Waals surface area (Å²) in [6.45, 7) is 2.71. The number of fused-ring (bicyclic) bond motifs is 1. The molecule has 0 atom stereocenters. The standard InChI is InChI=1S/C19H19N5O2/c25-17(14-26-16-6-1-4-15-5-2-7-20-18(15)16)23-10-12-24(13-11-23)19-21-8-3-9-22-19/h1-9H,10-14H2. The van der Waals surface area contributed by atoms with E-state index in [0.717, 1.165) is 10.9 Å². The second-order valence-corrected chi connectivity index (χ2v) is 6.04. The molecule has 1 aliphatic heterocycles. The van der Waals surface area contributed by atoms with E-state index in [1.165, 1.54) is 0 Å². The highest BCUT2D eigenvalue weighted by atomic mass is 16.5. The van der Waals surface area contributed by atoms with Crippen LogP contribution in [0.3, 0.4) is 0 Å². The highest BCUT2D eigenvalue weighted by Gasteiger charge is 2.22. The van der Waals surface area contributed by atoms with E-state index in [2.05, 4.69) is 19.9 Å². The molecule has 4 rings (SSSR count). The van der Waals surface area contributed by atoms with E-state index in [1.54, 1.807) is 24.7 Å². The van der Waals surface area contributed by atoms with Crippen LogP contribution in [0, 0.1) is 0 Å². The van der Waals surface area contributed by atoms with Crippen molar-refractivity contribution >= 4 is 22.8 Å². The van der Waals surface area contributed by atoms with Gasteiger partial charge in [0.1, 0.15) is 11.3 Å². The minimum atomic E-state index is -0.0217. The molecule has 2 aromatic heterocycles. The SMILES string of the molecule is O=C(COc1cccc2cccnc12)N1CCN(c2ncccn2)CC1. The van der Waals surface area contributed by atoms with Gasteiger partial charge in [0.05, 0.1) is 0 Å². The predicted octanol–water partition coefficient (Wildman–Crippen LogP) is 1.75. The number of carbonyl (C=O) groups is 1. The first-order valence-electron chi connectivity index (χ1n) is 8.57. The Hall–Kier alpha value is -3.22. The third-order valence-electron chi connectivity index (χ3n) is 4.41. The van der Waals surface area contributed by atoms with Crippen molar-refractivity contribution in [3.63, 3.8) is 0 Å². The number of para-hydroxylation sites is 1. The first-order chi connectivity index (χ1) is 12.8. The minimum absolute atomic E-state index is 0.0114. The second-order valence-electron chi connectivity index (χ2n) is 6.04. The van der Waals surface area contributed by atoms with E-state index in [1.807, 2.05) is 35.2 Å². The van der Waals surface area contributed by atoms with Gasteiger partial charge in [-0.15, -0.1) is 0 Å². The van der Waals surface area contributed by atoms with Gasteiger partial charge in [0.2, 0.25) is 5.95 Å². The number of ether oxygens (including phenoxy) is 1. The van der Waals surface area contributed by atoms with Crippen LogP contribution in [0.4, 0.5) is 5.95 Å². The van der Waals surface area contributed by atoms with E-state index in [0.29, 0.717) is 37.9 Å². The van der Waals surface area contributed by atoms with Crippen LogP contribution in [-0.4, -0.2) is 58.5 Å². The van der Waals surface area contributed by atoms with Gasteiger partial charge in [-0.1, -0.05) is 18.2 Å². The number of hydrogen-bond acceptors (Lipinski definition) is 6. The Morgan fingerprint density at radius 2 is 1.65 bits per heavy atom. The Balaban J connectivity index is 1.34. The Morgan fingerprint density at radius 3 is 2.46 bits per heavy atom. The van der Waals surface area contributed by atoms with Gasteiger partial charge in [-0.3, -0.25) is 9.78 Å². The monoisotopic (exact) mass is 349 g/mol. The molecule has 0 radical (unpaired) electrons. The molecule has 7 nitrogen and oxygen atoms in total. The van der Waals surface area contributed by atoms with Crippen LogP contribution < -0.4 is 9.64 Å². The van der Waals surface area contributed by atoms with Crippen LogP contribution >= 0.6 is 0 Å². The number of carbonyl (C=O) groups excluding carboxylic acids is 1. The lowest BCUT2D eigenvalue weighted by molar-refractivity contribution is -0.133. The second kappa shape index (κ2) is 7.35. The number of hydrogen-bond donors (Lipinski definition) is 0. The third-order valence-corrected chi connectivity index (χ3v) is 4.41. The lowest BCUT2D eigenvalue weighted by Gasteiger charge is -2.34. The summed E-state index contributed by atoms with van der Waals surface area (Å²) in [6.07, 6.45) is 5.18. The molecule has 7 heteroatoms. The third kappa shape index (κ3) is 3.42. The van der Waals surface area contributed by atoms with Crippen molar-refractivity contribution in [2.24, 2.45) is 0 Å². The maximum atomic E-state index is 12.5. The topological polar surface area (TPSA) is 71.5 Å². The van der Waals surface area contributed by atoms with Gasteiger partial charge in [-0.25, -0.2) is 9.97 Å². The average Bonchev–Trinajstić information content (AvgIpc) is 2.73. The van der Waals surface area contributed by atoms with Crippen molar-refractivity contribution in [2.75, 3.05) is 37.7 Å². The number of anilines is 1. The van der Waals surface area contributed by atoms with Gasteiger partial charge in [-0.2, -0.15) is 0 Å². The van der Waals surface area contributed by atoms with Gasteiger partial charge >= 0.3 is 0 Å². The lowest BCUT2D eigenvalue weighted by atomic mass is 10.2. The molecule has 0 aliphatic carbocycles. The van der Waals surface area contributed by atoms with Crippen molar-refractivity contribution in [3.05, 3.63) is 55.0 Å². The van der Waals surface area contributed by atoms with E-state index >= 15 is 0 Å². The summed E-state index contributed by atoms with van der Waals surface area (Å²) in [4.78, 5) is 29.2. The molecule has 1 fully saturated rings. The fourth-order valence-corrected chi connectivity index (χ4v) is 3.03. The van der Waals surface area contributed by atoms with E-state index in [9.17, 15) is 4.79 Å². The van der Waals surface area contributed by atoms with Crippen LogP contribution in [0.5, 0.6) is 5.75 Å². The summed E-state index contributed by atoms with van der Waals surface area (Å²) in [5, 5.41) is 0.994. The molecule has 26 heavy (non-hydrogen) atoms. The van der Waals surface area contributed by atoms with Crippen LogP contribution in [0.15, 0.2) is 55.0 Å². The number of piperazine rings is 1. The molecule has 1 aromatic carbocycles. The summed E-state index contributed by atoms with van der Waals surface area (Å²) in [5.74, 6) is 1.32. The largest absolute Gasteiger partial charge is 0.481 e. The predicted molar refractivity (Wildman–Crippen MR) is 98.1 cm³/mol. The quantitative estimate of drug-likeness (QED) is 0.715. The van der Waals surface area contributed by atoms with Crippen LogP contribution in [-0.2, 0) is 4.79 Å². The summed E-state index contributed by atoms with van der Waals surface area (Å²) in [5.41, 5.74) is 0.772. The Labute approximate surface area is 151 Å². The number of aromatic nitrogens is 3. The van der Waals surface area contributed by atoms with Gasteiger partial charge < -0.3 is 14.5 Å². The smallest absolute Gasteiger partial charge is 0.260 e.